The summed E-state index contributed by atoms with van der Waals surface area (Å²) in [5, 5.41) is 8.99. The summed E-state index contributed by atoms with van der Waals surface area (Å²) < 4.78 is 26.8. The molecule has 0 fully saturated rings. The minimum Gasteiger partial charge on any atom is -0.496 e. The van der Waals surface area contributed by atoms with Crippen LogP contribution in [0.1, 0.15) is 36.0 Å². The second-order valence-electron chi connectivity index (χ2n) is 7.44. The molecule has 1 aliphatic heterocycles. The standard InChI is InChI=1S/C23H21FN4O2/c1-14-25-13-21(30-14)19-10-7-16(12-20(19)29-2)22-26-27-23-18(4-3-11-28(22)23)15-5-8-17(24)9-6-15/h5-10,12-13,18H,3-4,11H2,1-2H3. The topological polar surface area (TPSA) is 66.0 Å². The van der Waals surface area contributed by atoms with Gasteiger partial charge in [-0.25, -0.2) is 9.37 Å². The van der Waals surface area contributed by atoms with E-state index in [1.807, 2.05) is 37.3 Å². The number of hydrogen-bond acceptors (Lipinski definition) is 5. The first-order chi connectivity index (χ1) is 14.6. The Kier molecular flexibility index (Phi) is 4.58. The highest BCUT2D eigenvalue weighted by atomic mass is 19.1. The second kappa shape index (κ2) is 7.40. The molecule has 2 aromatic carbocycles. The van der Waals surface area contributed by atoms with Crippen LogP contribution in [0.5, 0.6) is 5.75 Å². The zero-order chi connectivity index (χ0) is 20.7. The minimum absolute atomic E-state index is 0.110. The summed E-state index contributed by atoms with van der Waals surface area (Å²) in [7, 11) is 1.63. The van der Waals surface area contributed by atoms with Crippen molar-refractivity contribution < 1.29 is 13.5 Å². The maximum Gasteiger partial charge on any atom is 0.191 e. The van der Waals surface area contributed by atoms with Crippen LogP contribution in [0.3, 0.4) is 0 Å². The van der Waals surface area contributed by atoms with Crippen LogP contribution >= 0.6 is 0 Å². The summed E-state index contributed by atoms with van der Waals surface area (Å²) in [5.41, 5.74) is 2.82. The van der Waals surface area contributed by atoms with Crippen LogP contribution in [-0.2, 0) is 6.54 Å². The number of ether oxygens (including phenoxy) is 1. The summed E-state index contributed by atoms with van der Waals surface area (Å²) in [6.07, 6.45) is 3.67. The van der Waals surface area contributed by atoms with E-state index in [4.69, 9.17) is 9.15 Å². The van der Waals surface area contributed by atoms with Crippen molar-refractivity contribution in [1.29, 1.82) is 0 Å². The van der Waals surface area contributed by atoms with Gasteiger partial charge in [0.1, 0.15) is 17.4 Å². The van der Waals surface area contributed by atoms with Gasteiger partial charge >= 0.3 is 0 Å². The average Bonchev–Trinajstić information content (AvgIpc) is 3.40. The first-order valence-electron chi connectivity index (χ1n) is 9.94. The van der Waals surface area contributed by atoms with Crippen molar-refractivity contribution in [2.24, 2.45) is 0 Å². The molecule has 0 N–H and O–H groups in total. The van der Waals surface area contributed by atoms with Gasteiger partial charge in [-0.1, -0.05) is 18.2 Å². The fourth-order valence-corrected chi connectivity index (χ4v) is 4.12. The second-order valence-corrected chi connectivity index (χ2v) is 7.44. The molecule has 0 aliphatic carbocycles. The Morgan fingerprint density at radius 2 is 1.97 bits per heavy atom. The van der Waals surface area contributed by atoms with Crippen molar-refractivity contribution >= 4 is 0 Å². The molecule has 30 heavy (non-hydrogen) atoms. The number of fused-ring (bicyclic) bond motifs is 1. The Bertz CT molecular complexity index is 1200. The van der Waals surface area contributed by atoms with E-state index in [-0.39, 0.29) is 11.7 Å². The lowest BCUT2D eigenvalue weighted by molar-refractivity contribution is 0.414. The third-order valence-electron chi connectivity index (χ3n) is 5.58. The molecule has 0 bridgehead atoms. The van der Waals surface area contributed by atoms with Crippen molar-refractivity contribution in [2.75, 3.05) is 7.11 Å². The summed E-state index contributed by atoms with van der Waals surface area (Å²) in [6.45, 7) is 2.66. The molecule has 6 nitrogen and oxygen atoms in total. The molecule has 3 heterocycles. The van der Waals surface area contributed by atoms with E-state index in [0.717, 1.165) is 47.7 Å². The largest absolute Gasteiger partial charge is 0.496 e. The van der Waals surface area contributed by atoms with E-state index in [1.165, 1.54) is 12.1 Å². The Morgan fingerprint density at radius 3 is 2.70 bits per heavy atom. The number of oxazole rings is 1. The summed E-state index contributed by atoms with van der Waals surface area (Å²) in [5.74, 6) is 3.55. The van der Waals surface area contributed by atoms with Gasteiger partial charge in [-0.05, 0) is 42.7 Å². The summed E-state index contributed by atoms with van der Waals surface area (Å²) in [6, 6.07) is 12.6. The van der Waals surface area contributed by atoms with Crippen molar-refractivity contribution in [3.05, 3.63) is 71.8 Å². The number of halogens is 1. The number of nitrogens with zero attached hydrogens (tertiary/aromatic N) is 4. The van der Waals surface area contributed by atoms with Crippen molar-refractivity contribution in [1.82, 2.24) is 19.7 Å². The van der Waals surface area contributed by atoms with Crippen LogP contribution in [0.25, 0.3) is 22.7 Å². The van der Waals surface area contributed by atoms with Gasteiger partial charge in [-0.2, -0.15) is 0 Å². The van der Waals surface area contributed by atoms with Gasteiger partial charge in [-0.3, -0.25) is 0 Å². The lowest BCUT2D eigenvalue weighted by atomic mass is 9.91. The number of methoxy groups -OCH3 is 1. The van der Waals surface area contributed by atoms with Crippen molar-refractivity contribution in [3.8, 4) is 28.5 Å². The third kappa shape index (κ3) is 3.16. The predicted molar refractivity (Wildman–Crippen MR) is 110 cm³/mol. The number of rotatable bonds is 4. The third-order valence-corrected chi connectivity index (χ3v) is 5.58. The highest BCUT2D eigenvalue weighted by molar-refractivity contribution is 5.71. The van der Waals surface area contributed by atoms with Gasteiger partial charge in [-0.15, -0.1) is 10.2 Å². The lowest BCUT2D eigenvalue weighted by Crippen LogP contribution is -2.17. The highest BCUT2D eigenvalue weighted by Gasteiger charge is 2.27. The molecule has 4 aromatic rings. The average molecular weight is 404 g/mol. The monoisotopic (exact) mass is 404 g/mol. The first kappa shape index (κ1) is 18.5. The molecule has 1 aliphatic rings. The molecule has 1 unspecified atom stereocenters. The number of benzene rings is 2. The molecule has 1 atom stereocenters. The van der Waals surface area contributed by atoms with Gasteiger partial charge in [0.25, 0.3) is 0 Å². The van der Waals surface area contributed by atoms with Crippen molar-refractivity contribution in [3.63, 3.8) is 0 Å². The number of aryl methyl sites for hydroxylation is 1. The van der Waals surface area contributed by atoms with E-state index < -0.39 is 0 Å². The summed E-state index contributed by atoms with van der Waals surface area (Å²) >= 11 is 0. The first-order valence-corrected chi connectivity index (χ1v) is 9.94. The molecule has 152 valence electrons. The number of hydrogen-bond donors (Lipinski definition) is 0. The van der Waals surface area contributed by atoms with Crippen LogP contribution in [-0.4, -0.2) is 26.9 Å². The molecule has 0 radical (unpaired) electrons. The normalized spacial score (nSPS) is 15.8. The van der Waals surface area contributed by atoms with Gasteiger partial charge in [0.15, 0.2) is 17.5 Å². The molecule has 2 aromatic heterocycles. The van der Waals surface area contributed by atoms with E-state index in [2.05, 4.69) is 19.7 Å². The minimum atomic E-state index is -0.231. The van der Waals surface area contributed by atoms with Gasteiger partial charge in [0.2, 0.25) is 0 Å². The zero-order valence-electron chi connectivity index (χ0n) is 16.8. The fraction of sp³-hybridized carbons (Fsp3) is 0.261. The maximum atomic E-state index is 13.3. The maximum absolute atomic E-state index is 13.3. The van der Waals surface area contributed by atoms with E-state index in [1.54, 1.807) is 13.3 Å². The van der Waals surface area contributed by atoms with E-state index >= 15 is 0 Å². The smallest absolute Gasteiger partial charge is 0.191 e. The molecular weight excluding hydrogens is 383 g/mol. The Morgan fingerprint density at radius 1 is 1.13 bits per heavy atom. The predicted octanol–water partition coefficient (Wildman–Crippen LogP) is 4.98. The van der Waals surface area contributed by atoms with E-state index in [0.29, 0.717) is 17.4 Å². The zero-order valence-corrected chi connectivity index (χ0v) is 16.8. The van der Waals surface area contributed by atoms with Crippen LogP contribution in [0, 0.1) is 12.7 Å². The molecule has 0 spiro atoms. The number of aromatic nitrogens is 4. The van der Waals surface area contributed by atoms with E-state index in [9.17, 15) is 4.39 Å². The van der Waals surface area contributed by atoms with Crippen LogP contribution in [0.4, 0.5) is 4.39 Å². The molecule has 5 rings (SSSR count). The fourth-order valence-electron chi connectivity index (χ4n) is 4.12. The SMILES string of the molecule is COc1cc(-c2nnc3n2CCCC3c2ccc(F)cc2)ccc1-c1cnc(C)o1. The Hall–Kier alpha value is -3.48. The summed E-state index contributed by atoms with van der Waals surface area (Å²) in [4.78, 5) is 4.17. The quantitative estimate of drug-likeness (QED) is 0.480. The van der Waals surface area contributed by atoms with Crippen molar-refractivity contribution in [2.45, 2.75) is 32.2 Å². The highest BCUT2D eigenvalue weighted by Crippen LogP contribution is 2.37. The molecule has 0 amide bonds. The molecule has 0 saturated carbocycles. The van der Waals surface area contributed by atoms with Crippen LogP contribution in [0.15, 0.2) is 53.1 Å². The Labute approximate surface area is 173 Å². The van der Waals surface area contributed by atoms with Crippen LogP contribution in [0.2, 0.25) is 0 Å². The Balaban J connectivity index is 1.54. The molecular formula is C23H21FN4O2. The van der Waals surface area contributed by atoms with Gasteiger partial charge in [0.05, 0.1) is 18.9 Å². The van der Waals surface area contributed by atoms with Crippen LogP contribution < -0.4 is 4.74 Å². The molecule has 0 saturated heterocycles. The van der Waals surface area contributed by atoms with Gasteiger partial charge in [0, 0.05) is 24.9 Å². The van der Waals surface area contributed by atoms with Gasteiger partial charge < -0.3 is 13.7 Å². The molecule has 7 heteroatoms. The lowest BCUT2D eigenvalue weighted by Gasteiger charge is -2.24.